The summed E-state index contributed by atoms with van der Waals surface area (Å²) in [6.07, 6.45) is 3.58. The molecule has 6 heteroatoms. The second kappa shape index (κ2) is 7.35. The van der Waals surface area contributed by atoms with Gasteiger partial charge in [-0.25, -0.2) is 0 Å². The molecule has 0 saturated carbocycles. The standard InChI is InChI=1S/C19H25N3O3/c1-20(2)19(25)16-10-7-12-21(16)11-5-6-13-22-17(23)14-8-3-4-9-15(14)18(22)24/h3-4,8-9,16H,5-7,10-13H2,1-2H3. The number of carbonyl (C=O) groups excluding carboxylic acids is 3. The van der Waals surface area contributed by atoms with Crippen LogP contribution in [-0.2, 0) is 4.79 Å². The number of imide groups is 1. The lowest BCUT2D eigenvalue weighted by Crippen LogP contribution is -2.43. The van der Waals surface area contributed by atoms with E-state index in [9.17, 15) is 14.4 Å². The van der Waals surface area contributed by atoms with Gasteiger partial charge in [-0.2, -0.15) is 0 Å². The van der Waals surface area contributed by atoms with Crippen molar-refractivity contribution in [2.45, 2.75) is 31.7 Å². The molecular weight excluding hydrogens is 318 g/mol. The average Bonchev–Trinajstić information content (AvgIpc) is 3.16. The van der Waals surface area contributed by atoms with Gasteiger partial charge in [-0.05, 0) is 50.9 Å². The zero-order chi connectivity index (χ0) is 18.0. The molecule has 0 spiro atoms. The summed E-state index contributed by atoms with van der Waals surface area (Å²) in [4.78, 5) is 42.1. The maximum atomic E-state index is 12.3. The number of nitrogens with zero attached hydrogens (tertiary/aromatic N) is 3. The molecule has 0 N–H and O–H groups in total. The Kier molecular flexibility index (Phi) is 5.18. The van der Waals surface area contributed by atoms with Crippen LogP contribution in [0, 0.1) is 0 Å². The second-order valence-electron chi connectivity index (χ2n) is 6.94. The lowest BCUT2D eigenvalue weighted by Gasteiger charge is -2.26. The molecule has 2 heterocycles. The van der Waals surface area contributed by atoms with Crippen LogP contribution < -0.4 is 0 Å². The molecular formula is C19H25N3O3. The van der Waals surface area contributed by atoms with Gasteiger partial charge in [-0.15, -0.1) is 0 Å². The molecule has 0 aromatic heterocycles. The highest BCUT2D eigenvalue weighted by molar-refractivity contribution is 6.21. The number of benzene rings is 1. The largest absolute Gasteiger partial charge is 0.347 e. The Labute approximate surface area is 148 Å². The normalized spacial score (nSPS) is 20.2. The first-order valence-electron chi connectivity index (χ1n) is 8.91. The molecule has 134 valence electrons. The molecule has 1 aromatic carbocycles. The Balaban J connectivity index is 1.49. The van der Waals surface area contributed by atoms with Gasteiger partial charge in [0.2, 0.25) is 5.91 Å². The van der Waals surface area contributed by atoms with Crippen LogP contribution in [0.3, 0.4) is 0 Å². The minimum atomic E-state index is -0.192. The van der Waals surface area contributed by atoms with E-state index >= 15 is 0 Å². The van der Waals surface area contributed by atoms with Gasteiger partial charge in [0.25, 0.3) is 11.8 Å². The number of amides is 3. The Bertz CT molecular complexity index is 651. The van der Waals surface area contributed by atoms with Crippen molar-refractivity contribution in [3.63, 3.8) is 0 Å². The first-order valence-corrected chi connectivity index (χ1v) is 8.91. The predicted molar refractivity (Wildman–Crippen MR) is 94.3 cm³/mol. The van der Waals surface area contributed by atoms with Crippen molar-refractivity contribution in [3.05, 3.63) is 35.4 Å². The van der Waals surface area contributed by atoms with Crippen molar-refractivity contribution in [1.82, 2.24) is 14.7 Å². The number of hydrogen-bond donors (Lipinski definition) is 0. The summed E-state index contributed by atoms with van der Waals surface area (Å²) in [5, 5.41) is 0. The fraction of sp³-hybridized carbons (Fsp3) is 0.526. The molecule has 2 aliphatic heterocycles. The molecule has 1 fully saturated rings. The van der Waals surface area contributed by atoms with Crippen molar-refractivity contribution < 1.29 is 14.4 Å². The summed E-state index contributed by atoms with van der Waals surface area (Å²) in [6.45, 7) is 2.21. The predicted octanol–water partition coefficient (Wildman–Crippen LogP) is 1.62. The Morgan fingerprint density at radius 3 is 2.28 bits per heavy atom. The van der Waals surface area contributed by atoms with Gasteiger partial charge in [-0.1, -0.05) is 12.1 Å². The fourth-order valence-electron chi connectivity index (χ4n) is 3.70. The van der Waals surface area contributed by atoms with Gasteiger partial charge in [0.15, 0.2) is 0 Å². The molecule has 1 aromatic rings. The monoisotopic (exact) mass is 343 g/mol. The molecule has 1 unspecified atom stereocenters. The van der Waals surface area contributed by atoms with Crippen LogP contribution in [0.4, 0.5) is 0 Å². The van der Waals surface area contributed by atoms with E-state index in [1.54, 1.807) is 43.3 Å². The van der Waals surface area contributed by atoms with E-state index in [0.717, 1.165) is 38.8 Å². The highest BCUT2D eigenvalue weighted by Gasteiger charge is 2.35. The summed E-state index contributed by atoms with van der Waals surface area (Å²) in [5.74, 6) is -0.220. The third-order valence-electron chi connectivity index (χ3n) is 5.04. The molecule has 0 bridgehead atoms. The van der Waals surface area contributed by atoms with E-state index in [-0.39, 0.29) is 23.8 Å². The molecule has 25 heavy (non-hydrogen) atoms. The third kappa shape index (κ3) is 3.44. The quantitative estimate of drug-likeness (QED) is 0.582. The van der Waals surface area contributed by atoms with E-state index in [1.165, 1.54) is 4.90 Å². The van der Waals surface area contributed by atoms with Crippen LogP contribution in [0.1, 0.15) is 46.4 Å². The van der Waals surface area contributed by atoms with Crippen molar-refractivity contribution in [1.29, 1.82) is 0 Å². The molecule has 6 nitrogen and oxygen atoms in total. The second-order valence-corrected chi connectivity index (χ2v) is 6.94. The minimum Gasteiger partial charge on any atom is -0.347 e. The number of fused-ring (bicyclic) bond motifs is 1. The highest BCUT2D eigenvalue weighted by atomic mass is 16.2. The van der Waals surface area contributed by atoms with Crippen LogP contribution in [0.5, 0.6) is 0 Å². The first-order chi connectivity index (χ1) is 12.0. The van der Waals surface area contributed by atoms with E-state index < -0.39 is 0 Å². The molecule has 0 radical (unpaired) electrons. The summed E-state index contributed by atoms with van der Waals surface area (Å²) < 4.78 is 0. The van der Waals surface area contributed by atoms with Gasteiger partial charge < -0.3 is 4.90 Å². The molecule has 1 saturated heterocycles. The van der Waals surface area contributed by atoms with E-state index in [1.807, 2.05) is 0 Å². The molecule has 1 atom stereocenters. The van der Waals surface area contributed by atoms with E-state index in [2.05, 4.69) is 4.90 Å². The molecule has 2 aliphatic rings. The summed E-state index contributed by atoms with van der Waals surface area (Å²) in [6, 6.07) is 6.95. The number of carbonyl (C=O) groups is 3. The van der Waals surface area contributed by atoms with Crippen molar-refractivity contribution in [2.24, 2.45) is 0 Å². The lowest BCUT2D eigenvalue weighted by molar-refractivity contribution is -0.133. The number of hydrogen-bond acceptors (Lipinski definition) is 4. The van der Waals surface area contributed by atoms with Gasteiger partial charge in [-0.3, -0.25) is 24.2 Å². The van der Waals surface area contributed by atoms with Gasteiger partial charge in [0.1, 0.15) is 0 Å². The highest BCUT2D eigenvalue weighted by Crippen LogP contribution is 2.23. The molecule has 3 rings (SSSR count). The van der Waals surface area contributed by atoms with Crippen LogP contribution in [-0.4, -0.2) is 72.2 Å². The number of unbranched alkanes of at least 4 members (excludes halogenated alkanes) is 1. The van der Waals surface area contributed by atoms with Crippen LogP contribution in [0.2, 0.25) is 0 Å². The Hall–Kier alpha value is -2.21. The summed E-state index contributed by atoms with van der Waals surface area (Å²) in [5.41, 5.74) is 1.01. The molecule has 0 aliphatic carbocycles. The van der Waals surface area contributed by atoms with Gasteiger partial charge in [0, 0.05) is 20.6 Å². The fourth-order valence-corrected chi connectivity index (χ4v) is 3.70. The average molecular weight is 343 g/mol. The number of rotatable bonds is 6. The van der Waals surface area contributed by atoms with Crippen molar-refractivity contribution >= 4 is 17.7 Å². The van der Waals surface area contributed by atoms with Gasteiger partial charge >= 0.3 is 0 Å². The topological polar surface area (TPSA) is 60.9 Å². The van der Waals surface area contributed by atoms with E-state index in [0.29, 0.717) is 17.7 Å². The SMILES string of the molecule is CN(C)C(=O)C1CCCN1CCCCN1C(=O)c2ccccc2C1=O. The van der Waals surface area contributed by atoms with Crippen molar-refractivity contribution in [3.8, 4) is 0 Å². The Morgan fingerprint density at radius 1 is 1.08 bits per heavy atom. The number of likely N-dealkylation sites (N-methyl/N-ethyl adjacent to an activating group) is 1. The van der Waals surface area contributed by atoms with E-state index in [4.69, 9.17) is 0 Å². The number of likely N-dealkylation sites (tertiary alicyclic amines) is 1. The Morgan fingerprint density at radius 2 is 1.68 bits per heavy atom. The third-order valence-corrected chi connectivity index (χ3v) is 5.04. The van der Waals surface area contributed by atoms with Gasteiger partial charge in [0.05, 0.1) is 17.2 Å². The maximum absolute atomic E-state index is 12.3. The van der Waals surface area contributed by atoms with Crippen LogP contribution in [0.15, 0.2) is 24.3 Å². The van der Waals surface area contributed by atoms with Crippen molar-refractivity contribution in [2.75, 3.05) is 33.7 Å². The summed E-state index contributed by atoms with van der Waals surface area (Å²) in [7, 11) is 3.59. The molecule has 3 amide bonds. The van der Waals surface area contributed by atoms with Crippen LogP contribution in [0.25, 0.3) is 0 Å². The first kappa shape index (κ1) is 17.6. The zero-order valence-electron chi connectivity index (χ0n) is 14.9. The lowest BCUT2D eigenvalue weighted by atomic mass is 10.1. The van der Waals surface area contributed by atoms with Crippen LogP contribution >= 0.6 is 0 Å². The summed E-state index contributed by atoms with van der Waals surface area (Å²) >= 11 is 0. The maximum Gasteiger partial charge on any atom is 0.261 e. The zero-order valence-corrected chi connectivity index (χ0v) is 14.9. The minimum absolute atomic E-state index is 0.0192. The smallest absolute Gasteiger partial charge is 0.261 e.